The van der Waals surface area contributed by atoms with E-state index in [1.165, 1.54) is 10.6 Å². The minimum atomic E-state index is -3.23. The summed E-state index contributed by atoms with van der Waals surface area (Å²) in [5, 5.41) is 2.95. The van der Waals surface area contributed by atoms with Gasteiger partial charge in [-0.05, 0) is 25.2 Å². The van der Waals surface area contributed by atoms with E-state index < -0.39 is 10.0 Å². The van der Waals surface area contributed by atoms with Crippen LogP contribution in [0.15, 0.2) is 0 Å². The Morgan fingerprint density at radius 3 is 2.67 bits per heavy atom. The van der Waals surface area contributed by atoms with Gasteiger partial charge in [0.1, 0.15) is 0 Å². The van der Waals surface area contributed by atoms with Crippen LogP contribution in [0.5, 0.6) is 0 Å². The number of urea groups is 1. The number of carbonyl (C=O) groups is 1. The Labute approximate surface area is 145 Å². The first-order valence-corrected chi connectivity index (χ1v) is 10.7. The van der Waals surface area contributed by atoms with Gasteiger partial charge in [0, 0.05) is 25.7 Å². The van der Waals surface area contributed by atoms with E-state index in [1.54, 1.807) is 0 Å². The minimum absolute atomic E-state index is 0.0936. The lowest BCUT2D eigenvalue weighted by Crippen LogP contribution is -2.55. The second kappa shape index (κ2) is 8.49. The number of morpholine rings is 1. The maximum Gasteiger partial charge on any atom is 0.317 e. The first-order chi connectivity index (χ1) is 11.3. The van der Waals surface area contributed by atoms with Crippen LogP contribution in [0.1, 0.15) is 39.5 Å². The van der Waals surface area contributed by atoms with Crippen LogP contribution in [-0.4, -0.2) is 74.8 Å². The van der Waals surface area contributed by atoms with Gasteiger partial charge >= 0.3 is 6.03 Å². The van der Waals surface area contributed by atoms with Crippen molar-refractivity contribution in [3.8, 4) is 0 Å². The Bertz CT molecular complexity index is 523. The molecule has 0 aromatic carbocycles. The number of nitrogens with one attached hydrogen (secondary N) is 1. The van der Waals surface area contributed by atoms with Gasteiger partial charge in [0.2, 0.25) is 10.0 Å². The summed E-state index contributed by atoms with van der Waals surface area (Å²) in [6.07, 6.45) is 4.84. The standard InChI is InChI=1S/C16H31N3O4S/c1-13(2)10-15-12-23-9-8-18(15)16(20)17-11-14-6-4-5-7-19(14)24(3,21)22/h13-15H,4-12H2,1-3H3,(H,17,20)/t14?,15-/m0/s1. The number of carbonyl (C=O) groups excluding carboxylic acids is 1. The van der Waals surface area contributed by atoms with Crippen LogP contribution in [0.25, 0.3) is 0 Å². The van der Waals surface area contributed by atoms with Crippen molar-refractivity contribution in [2.75, 3.05) is 39.1 Å². The number of amides is 2. The van der Waals surface area contributed by atoms with E-state index in [2.05, 4.69) is 19.2 Å². The molecule has 8 heteroatoms. The van der Waals surface area contributed by atoms with E-state index in [9.17, 15) is 13.2 Å². The van der Waals surface area contributed by atoms with Gasteiger partial charge < -0.3 is 15.0 Å². The van der Waals surface area contributed by atoms with Crippen LogP contribution >= 0.6 is 0 Å². The zero-order valence-corrected chi connectivity index (χ0v) is 15.8. The van der Waals surface area contributed by atoms with Crippen molar-refractivity contribution in [3.63, 3.8) is 0 Å². The molecule has 1 N–H and O–H groups in total. The topological polar surface area (TPSA) is 79.0 Å². The highest BCUT2D eigenvalue weighted by Gasteiger charge is 2.32. The van der Waals surface area contributed by atoms with Crippen LogP contribution in [0.2, 0.25) is 0 Å². The summed E-state index contributed by atoms with van der Waals surface area (Å²) in [5.74, 6) is 0.492. The molecular formula is C16H31N3O4S. The average Bonchev–Trinajstić information content (AvgIpc) is 2.52. The largest absolute Gasteiger partial charge is 0.377 e. The Hall–Kier alpha value is -0.860. The zero-order valence-electron chi connectivity index (χ0n) is 15.0. The number of ether oxygens (including phenoxy) is 1. The van der Waals surface area contributed by atoms with Gasteiger partial charge in [0.25, 0.3) is 0 Å². The third-order valence-corrected chi connectivity index (χ3v) is 6.05. The number of sulfonamides is 1. The predicted octanol–water partition coefficient (Wildman–Crippen LogP) is 1.26. The lowest BCUT2D eigenvalue weighted by atomic mass is 10.0. The molecule has 1 unspecified atom stereocenters. The third kappa shape index (κ3) is 5.32. The molecule has 24 heavy (non-hydrogen) atoms. The maximum absolute atomic E-state index is 12.6. The summed E-state index contributed by atoms with van der Waals surface area (Å²) in [6, 6.07) is -0.151. The summed E-state index contributed by atoms with van der Waals surface area (Å²) < 4.78 is 30.8. The molecule has 2 heterocycles. The Balaban J connectivity index is 1.93. The second-order valence-electron chi connectivity index (χ2n) is 7.26. The fourth-order valence-electron chi connectivity index (χ4n) is 3.58. The molecule has 2 aliphatic heterocycles. The van der Waals surface area contributed by atoms with E-state index in [1.807, 2.05) is 4.90 Å². The molecule has 2 saturated heterocycles. The monoisotopic (exact) mass is 361 g/mol. The highest BCUT2D eigenvalue weighted by Crippen LogP contribution is 2.20. The van der Waals surface area contributed by atoms with Crippen LogP contribution in [-0.2, 0) is 14.8 Å². The van der Waals surface area contributed by atoms with Crippen molar-refractivity contribution < 1.29 is 17.9 Å². The van der Waals surface area contributed by atoms with Gasteiger partial charge in [-0.3, -0.25) is 0 Å². The quantitative estimate of drug-likeness (QED) is 0.799. The first-order valence-electron chi connectivity index (χ1n) is 8.88. The zero-order chi connectivity index (χ0) is 17.7. The van der Waals surface area contributed by atoms with E-state index >= 15 is 0 Å². The van der Waals surface area contributed by atoms with Crippen molar-refractivity contribution in [2.24, 2.45) is 5.92 Å². The molecule has 2 amide bonds. The molecule has 0 aromatic rings. The summed E-state index contributed by atoms with van der Waals surface area (Å²) in [7, 11) is -3.23. The van der Waals surface area contributed by atoms with Crippen molar-refractivity contribution >= 4 is 16.1 Å². The van der Waals surface area contributed by atoms with Crippen LogP contribution < -0.4 is 5.32 Å². The molecule has 0 spiro atoms. The number of hydrogen-bond acceptors (Lipinski definition) is 4. The second-order valence-corrected chi connectivity index (χ2v) is 9.20. The smallest absolute Gasteiger partial charge is 0.317 e. The number of rotatable bonds is 5. The molecule has 0 bridgehead atoms. The van der Waals surface area contributed by atoms with Gasteiger partial charge in [-0.25, -0.2) is 13.2 Å². The summed E-state index contributed by atoms with van der Waals surface area (Å²) >= 11 is 0. The molecule has 0 saturated carbocycles. The lowest BCUT2D eigenvalue weighted by Gasteiger charge is -2.38. The predicted molar refractivity (Wildman–Crippen MR) is 93.4 cm³/mol. The molecule has 0 aliphatic carbocycles. The van der Waals surface area contributed by atoms with E-state index in [0.29, 0.717) is 38.8 Å². The van der Waals surface area contributed by atoms with Gasteiger partial charge in [0.15, 0.2) is 0 Å². The molecule has 0 aromatic heterocycles. The summed E-state index contributed by atoms with van der Waals surface area (Å²) in [5.41, 5.74) is 0. The molecule has 2 aliphatic rings. The highest BCUT2D eigenvalue weighted by molar-refractivity contribution is 7.88. The Kier molecular flexibility index (Phi) is 6.88. The molecule has 2 fully saturated rings. The third-order valence-electron chi connectivity index (χ3n) is 4.72. The van der Waals surface area contributed by atoms with E-state index in [-0.39, 0.29) is 18.1 Å². The van der Waals surface area contributed by atoms with Crippen LogP contribution in [0.4, 0.5) is 4.79 Å². The van der Waals surface area contributed by atoms with Crippen LogP contribution in [0, 0.1) is 5.92 Å². The average molecular weight is 362 g/mol. The van der Waals surface area contributed by atoms with Gasteiger partial charge in [0.05, 0.1) is 25.5 Å². The lowest BCUT2D eigenvalue weighted by molar-refractivity contribution is 0.00531. The maximum atomic E-state index is 12.6. The van der Waals surface area contributed by atoms with Crippen LogP contribution in [0.3, 0.4) is 0 Å². The first kappa shape index (κ1) is 19.5. The van der Waals surface area contributed by atoms with Gasteiger partial charge in [-0.2, -0.15) is 4.31 Å². The normalized spacial score (nSPS) is 26.6. The Morgan fingerprint density at radius 2 is 2.00 bits per heavy atom. The number of nitrogens with zero attached hydrogens (tertiary/aromatic N) is 2. The molecule has 2 atom stereocenters. The van der Waals surface area contributed by atoms with Crippen molar-refractivity contribution in [3.05, 3.63) is 0 Å². The van der Waals surface area contributed by atoms with E-state index in [0.717, 1.165) is 25.7 Å². The molecule has 7 nitrogen and oxygen atoms in total. The summed E-state index contributed by atoms with van der Waals surface area (Å²) in [6.45, 7) is 6.91. The summed E-state index contributed by atoms with van der Waals surface area (Å²) in [4.78, 5) is 14.4. The fourth-order valence-corrected chi connectivity index (χ4v) is 4.77. The molecule has 0 radical (unpaired) electrons. The van der Waals surface area contributed by atoms with Crippen molar-refractivity contribution in [1.29, 1.82) is 0 Å². The van der Waals surface area contributed by atoms with Gasteiger partial charge in [-0.1, -0.05) is 20.3 Å². The van der Waals surface area contributed by atoms with E-state index in [4.69, 9.17) is 4.74 Å². The van der Waals surface area contributed by atoms with Gasteiger partial charge in [-0.15, -0.1) is 0 Å². The number of piperidine rings is 1. The SMILES string of the molecule is CC(C)C[C@H]1COCCN1C(=O)NCC1CCCCN1S(C)(=O)=O. The number of hydrogen-bond donors (Lipinski definition) is 1. The highest BCUT2D eigenvalue weighted by atomic mass is 32.2. The minimum Gasteiger partial charge on any atom is -0.377 e. The Morgan fingerprint density at radius 1 is 1.25 bits per heavy atom. The van der Waals surface area contributed by atoms with Crippen molar-refractivity contribution in [2.45, 2.75) is 51.6 Å². The molecule has 2 rings (SSSR count). The fraction of sp³-hybridized carbons (Fsp3) is 0.938. The molecular weight excluding hydrogens is 330 g/mol. The van der Waals surface area contributed by atoms with Crippen molar-refractivity contribution in [1.82, 2.24) is 14.5 Å². The molecule has 140 valence electrons.